The number of sulfonamides is 1. The molecule has 6 heteroatoms. The maximum Gasteiger partial charge on any atom is 0.242 e. The van der Waals surface area contributed by atoms with E-state index >= 15 is 0 Å². The van der Waals surface area contributed by atoms with Crippen LogP contribution in [0, 0.1) is 5.92 Å². The maximum absolute atomic E-state index is 12.0. The number of aliphatic hydroxyl groups is 1. The number of rotatable bonds is 4. The van der Waals surface area contributed by atoms with Crippen LogP contribution >= 0.6 is 0 Å². The first-order valence-corrected chi connectivity index (χ1v) is 7.77. The first kappa shape index (κ1) is 13.6. The Labute approximate surface area is 108 Å². The van der Waals surface area contributed by atoms with Crippen LogP contribution in [0.5, 0.6) is 0 Å². The zero-order chi connectivity index (χ0) is 13.2. The predicted octanol–water partition coefficient (Wildman–Crippen LogP) is 0.854. The molecule has 1 aromatic heterocycles. The summed E-state index contributed by atoms with van der Waals surface area (Å²) in [4.78, 5) is 0.273. The summed E-state index contributed by atoms with van der Waals surface area (Å²) in [6.07, 6.45) is 6.65. The molecular formula is C12H20N2O3S. The zero-order valence-corrected chi connectivity index (χ0v) is 11.4. The van der Waals surface area contributed by atoms with Gasteiger partial charge in [-0.1, -0.05) is 12.8 Å². The number of nitrogens with zero attached hydrogens (tertiary/aromatic N) is 1. The van der Waals surface area contributed by atoms with E-state index in [9.17, 15) is 13.5 Å². The predicted molar refractivity (Wildman–Crippen MR) is 68.6 cm³/mol. The molecular weight excluding hydrogens is 252 g/mol. The first-order valence-electron chi connectivity index (χ1n) is 6.29. The van der Waals surface area contributed by atoms with Gasteiger partial charge in [-0.2, -0.15) is 0 Å². The van der Waals surface area contributed by atoms with Gasteiger partial charge in [0.25, 0.3) is 0 Å². The van der Waals surface area contributed by atoms with Crippen LogP contribution < -0.4 is 4.72 Å². The van der Waals surface area contributed by atoms with Crippen LogP contribution in [0.25, 0.3) is 0 Å². The molecule has 1 saturated carbocycles. The lowest BCUT2D eigenvalue weighted by atomic mass is 9.87. The summed E-state index contributed by atoms with van der Waals surface area (Å²) in [6.45, 7) is 0.318. The third-order valence-corrected chi connectivity index (χ3v) is 4.93. The van der Waals surface area contributed by atoms with Crippen LogP contribution in [-0.4, -0.2) is 30.7 Å². The second kappa shape index (κ2) is 5.42. The van der Waals surface area contributed by atoms with E-state index in [2.05, 4.69) is 4.72 Å². The van der Waals surface area contributed by atoms with Crippen LogP contribution in [0.2, 0.25) is 0 Å². The van der Waals surface area contributed by atoms with Crippen molar-refractivity contribution >= 4 is 10.0 Å². The van der Waals surface area contributed by atoms with Gasteiger partial charge in [-0.25, -0.2) is 13.1 Å². The standard InChI is InChI=1S/C12H20N2O3S/c1-14-7-6-11(9-14)18(16,17)13-8-10-4-2-3-5-12(10)15/h6-7,9-10,12-13,15H,2-5,8H2,1H3. The van der Waals surface area contributed by atoms with Crippen LogP contribution in [0.1, 0.15) is 25.7 Å². The smallest absolute Gasteiger partial charge is 0.242 e. The van der Waals surface area contributed by atoms with E-state index in [0.29, 0.717) is 6.54 Å². The van der Waals surface area contributed by atoms with Gasteiger partial charge in [0.1, 0.15) is 0 Å². The third-order valence-electron chi connectivity index (χ3n) is 3.52. The van der Waals surface area contributed by atoms with Crippen molar-refractivity contribution in [3.05, 3.63) is 18.5 Å². The number of hydrogen-bond donors (Lipinski definition) is 2. The average molecular weight is 272 g/mol. The molecule has 0 spiro atoms. The highest BCUT2D eigenvalue weighted by Crippen LogP contribution is 2.24. The van der Waals surface area contributed by atoms with Crippen molar-refractivity contribution < 1.29 is 13.5 Å². The number of nitrogens with one attached hydrogen (secondary N) is 1. The second-order valence-electron chi connectivity index (χ2n) is 4.98. The molecule has 0 radical (unpaired) electrons. The van der Waals surface area contributed by atoms with Gasteiger partial charge >= 0.3 is 0 Å². The summed E-state index contributed by atoms with van der Waals surface area (Å²) >= 11 is 0. The maximum atomic E-state index is 12.0. The summed E-state index contributed by atoms with van der Waals surface area (Å²) < 4.78 is 28.3. The van der Waals surface area contributed by atoms with Crippen molar-refractivity contribution in [3.63, 3.8) is 0 Å². The van der Waals surface area contributed by atoms with Gasteiger partial charge < -0.3 is 9.67 Å². The van der Waals surface area contributed by atoms with E-state index in [1.807, 2.05) is 0 Å². The van der Waals surface area contributed by atoms with Gasteiger partial charge in [-0.05, 0) is 24.8 Å². The Hall–Kier alpha value is -0.850. The van der Waals surface area contributed by atoms with E-state index in [-0.39, 0.29) is 16.9 Å². The highest BCUT2D eigenvalue weighted by molar-refractivity contribution is 7.89. The van der Waals surface area contributed by atoms with Gasteiger partial charge in [-0.3, -0.25) is 0 Å². The fourth-order valence-electron chi connectivity index (χ4n) is 2.36. The van der Waals surface area contributed by atoms with E-state index in [4.69, 9.17) is 0 Å². The molecule has 1 aliphatic rings. The molecule has 5 nitrogen and oxygen atoms in total. The first-order chi connectivity index (χ1) is 8.49. The normalized spacial score (nSPS) is 25.2. The Bertz CT molecular complexity index is 495. The van der Waals surface area contributed by atoms with Crippen molar-refractivity contribution in [2.45, 2.75) is 36.7 Å². The van der Waals surface area contributed by atoms with E-state index in [1.54, 1.807) is 30.1 Å². The number of aromatic nitrogens is 1. The van der Waals surface area contributed by atoms with Crippen LogP contribution in [0.3, 0.4) is 0 Å². The fourth-order valence-corrected chi connectivity index (χ4v) is 3.51. The molecule has 0 bridgehead atoms. The molecule has 0 aliphatic heterocycles. The molecule has 1 heterocycles. The monoisotopic (exact) mass is 272 g/mol. The summed E-state index contributed by atoms with van der Waals surface area (Å²) in [7, 11) is -1.66. The summed E-state index contributed by atoms with van der Waals surface area (Å²) in [5, 5.41) is 9.80. The van der Waals surface area contributed by atoms with Crippen molar-refractivity contribution in [1.82, 2.24) is 9.29 Å². The van der Waals surface area contributed by atoms with E-state index in [0.717, 1.165) is 25.7 Å². The molecule has 102 valence electrons. The summed E-state index contributed by atoms with van der Waals surface area (Å²) in [5.74, 6) is 0.0391. The van der Waals surface area contributed by atoms with Gasteiger partial charge in [0.2, 0.25) is 10.0 Å². The lowest BCUT2D eigenvalue weighted by Crippen LogP contribution is -2.36. The summed E-state index contributed by atoms with van der Waals surface area (Å²) in [5.41, 5.74) is 0. The number of aliphatic hydroxyl groups excluding tert-OH is 1. The molecule has 0 saturated heterocycles. The number of hydrogen-bond acceptors (Lipinski definition) is 3. The van der Waals surface area contributed by atoms with Crippen molar-refractivity contribution in [1.29, 1.82) is 0 Å². The van der Waals surface area contributed by atoms with E-state index in [1.165, 1.54) is 0 Å². The molecule has 2 N–H and O–H groups in total. The Morgan fingerprint density at radius 2 is 2.17 bits per heavy atom. The fraction of sp³-hybridized carbons (Fsp3) is 0.667. The number of aryl methyl sites for hydroxylation is 1. The third kappa shape index (κ3) is 3.13. The van der Waals surface area contributed by atoms with Crippen LogP contribution in [-0.2, 0) is 17.1 Å². The van der Waals surface area contributed by atoms with Gasteiger partial charge in [0.05, 0.1) is 11.0 Å². The SMILES string of the molecule is Cn1ccc(S(=O)(=O)NCC2CCCCC2O)c1. The minimum atomic E-state index is -3.44. The zero-order valence-electron chi connectivity index (χ0n) is 10.5. The largest absolute Gasteiger partial charge is 0.393 e. The van der Waals surface area contributed by atoms with Crippen LogP contribution in [0.4, 0.5) is 0 Å². The molecule has 0 aromatic carbocycles. The highest BCUT2D eigenvalue weighted by Gasteiger charge is 2.25. The van der Waals surface area contributed by atoms with Crippen molar-refractivity contribution in [3.8, 4) is 0 Å². The quantitative estimate of drug-likeness (QED) is 0.854. The Morgan fingerprint density at radius 3 is 2.78 bits per heavy atom. The molecule has 2 atom stereocenters. The van der Waals surface area contributed by atoms with Crippen LogP contribution in [0.15, 0.2) is 23.4 Å². The Kier molecular flexibility index (Phi) is 4.09. The molecule has 18 heavy (non-hydrogen) atoms. The van der Waals surface area contributed by atoms with Gasteiger partial charge in [-0.15, -0.1) is 0 Å². The second-order valence-corrected chi connectivity index (χ2v) is 6.74. The topological polar surface area (TPSA) is 71.3 Å². The molecule has 1 aliphatic carbocycles. The lowest BCUT2D eigenvalue weighted by molar-refractivity contribution is 0.0724. The van der Waals surface area contributed by atoms with Crippen molar-refractivity contribution in [2.75, 3.05) is 6.54 Å². The summed E-state index contributed by atoms with van der Waals surface area (Å²) in [6, 6.07) is 1.57. The average Bonchev–Trinajstić information content (AvgIpc) is 2.76. The molecule has 0 amide bonds. The minimum absolute atomic E-state index is 0.0391. The van der Waals surface area contributed by atoms with Gasteiger partial charge in [0, 0.05) is 26.0 Å². The van der Waals surface area contributed by atoms with Crippen molar-refractivity contribution in [2.24, 2.45) is 13.0 Å². The minimum Gasteiger partial charge on any atom is -0.393 e. The molecule has 2 rings (SSSR count). The molecule has 2 unspecified atom stereocenters. The molecule has 1 aromatic rings. The Balaban J connectivity index is 1.96. The van der Waals surface area contributed by atoms with Gasteiger partial charge in [0.15, 0.2) is 0 Å². The van der Waals surface area contributed by atoms with E-state index < -0.39 is 10.0 Å². The lowest BCUT2D eigenvalue weighted by Gasteiger charge is -2.27. The highest BCUT2D eigenvalue weighted by atomic mass is 32.2. The molecule has 1 fully saturated rings. The Morgan fingerprint density at radius 1 is 1.44 bits per heavy atom.